The van der Waals surface area contributed by atoms with E-state index in [9.17, 15) is 8.42 Å². The first-order valence-corrected chi connectivity index (χ1v) is 8.67. The summed E-state index contributed by atoms with van der Waals surface area (Å²) in [7, 11) is -3.33. The lowest BCUT2D eigenvalue weighted by atomic mass is 10.2. The van der Waals surface area contributed by atoms with Crippen LogP contribution < -0.4 is 10.0 Å². The molecule has 0 aromatic heterocycles. The zero-order valence-electron chi connectivity index (χ0n) is 9.62. The molecule has 0 spiro atoms. The molecule has 0 saturated carbocycles. The van der Waals surface area contributed by atoms with Crippen molar-refractivity contribution < 1.29 is 8.42 Å². The Labute approximate surface area is 126 Å². The van der Waals surface area contributed by atoms with E-state index in [1.54, 1.807) is 18.2 Å². The Hall–Kier alpha value is -0.0500. The zero-order valence-corrected chi connectivity index (χ0v) is 13.3. The van der Waals surface area contributed by atoms with Gasteiger partial charge in [0.15, 0.2) is 0 Å². The van der Waals surface area contributed by atoms with Gasteiger partial charge in [-0.1, -0.05) is 11.6 Å². The van der Waals surface area contributed by atoms with Crippen LogP contribution >= 0.6 is 34.2 Å². The summed E-state index contributed by atoms with van der Waals surface area (Å²) in [5.74, 6) is 0. The van der Waals surface area contributed by atoms with Crippen molar-refractivity contribution in [2.75, 3.05) is 17.8 Å². The Morgan fingerprint density at radius 3 is 2.83 bits per heavy atom. The van der Waals surface area contributed by atoms with Gasteiger partial charge in [-0.05, 0) is 60.2 Å². The van der Waals surface area contributed by atoms with Crippen LogP contribution in [0, 0.1) is 3.57 Å². The Morgan fingerprint density at radius 2 is 2.22 bits per heavy atom. The Balaban J connectivity index is 2.16. The Morgan fingerprint density at radius 1 is 1.44 bits per heavy atom. The predicted octanol–water partition coefficient (Wildman–Crippen LogP) is 2.44. The molecule has 100 valence electrons. The van der Waals surface area contributed by atoms with Gasteiger partial charge in [-0.15, -0.1) is 0 Å². The molecule has 0 radical (unpaired) electrons. The van der Waals surface area contributed by atoms with Crippen molar-refractivity contribution in [1.82, 2.24) is 5.32 Å². The fourth-order valence-electron chi connectivity index (χ4n) is 1.89. The topological polar surface area (TPSA) is 58.2 Å². The summed E-state index contributed by atoms with van der Waals surface area (Å²) in [6.45, 7) is 1.41. The third-order valence-corrected chi connectivity index (χ3v) is 5.79. The van der Waals surface area contributed by atoms with Gasteiger partial charge in [-0.25, -0.2) is 8.42 Å². The molecule has 18 heavy (non-hydrogen) atoms. The predicted molar refractivity (Wildman–Crippen MR) is 82.6 cm³/mol. The number of hydrogen-bond donors (Lipinski definition) is 2. The maximum Gasteiger partial charge on any atom is 0.236 e. The van der Waals surface area contributed by atoms with Gasteiger partial charge in [0.25, 0.3) is 0 Å². The van der Waals surface area contributed by atoms with Crippen molar-refractivity contribution in [3.05, 3.63) is 26.8 Å². The van der Waals surface area contributed by atoms with Crippen molar-refractivity contribution >= 4 is 49.9 Å². The zero-order chi connectivity index (χ0) is 13.2. The number of benzene rings is 1. The SMILES string of the molecule is O=S(=O)(Nc1ccc(Cl)cc1I)C1CCCNC1. The van der Waals surface area contributed by atoms with Gasteiger partial charge in [0.1, 0.15) is 0 Å². The second kappa shape index (κ2) is 5.94. The first-order valence-electron chi connectivity index (χ1n) is 5.66. The lowest BCUT2D eigenvalue weighted by molar-refractivity contribution is 0.499. The highest BCUT2D eigenvalue weighted by molar-refractivity contribution is 14.1. The fourth-order valence-corrected chi connectivity index (χ4v) is 4.55. The van der Waals surface area contributed by atoms with E-state index >= 15 is 0 Å². The molecule has 1 aromatic rings. The molecule has 1 aliphatic rings. The highest BCUT2D eigenvalue weighted by atomic mass is 127. The van der Waals surface area contributed by atoms with Gasteiger partial charge < -0.3 is 5.32 Å². The molecule has 1 heterocycles. The summed E-state index contributed by atoms with van der Waals surface area (Å²) in [5, 5.41) is 3.34. The second-order valence-electron chi connectivity index (χ2n) is 4.24. The van der Waals surface area contributed by atoms with E-state index in [2.05, 4.69) is 32.6 Å². The minimum absolute atomic E-state index is 0.363. The lowest BCUT2D eigenvalue weighted by Gasteiger charge is -2.23. The highest BCUT2D eigenvalue weighted by Gasteiger charge is 2.27. The number of nitrogens with one attached hydrogen (secondary N) is 2. The van der Waals surface area contributed by atoms with Crippen LogP contribution in [0.15, 0.2) is 18.2 Å². The molecule has 1 aliphatic heterocycles. The highest BCUT2D eigenvalue weighted by Crippen LogP contribution is 2.24. The number of halogens is 2. The van der Waals surface area contributed by atoms with Crippen molar-refractivity contribution in [2.24, 2.45) is 0 Å². The standard InChI is InChI=1S/C11H14ClIN2O2S/c12-8-3-4-11(10(13)6-8)15-18(16,17)9-2-1-5-14-7-9/h3-4,6,9,14-15H,1-2,5,7H2. The van der Waals surface area contributed by atoms with Gasteiger partial charge in [-0.2, -0.15) is 0 Å². The van der Waals surface area contributed by atoms with Crippen LogP contribution in [0.2, 0.25) is 5.02 Å². The monoisotopic (exact) mass is 400 g/mol. The Kier molecular flexibility index (Phi) is 4.74. The van der Waals surface area contributed by atoms with Crippen LogP contribution in [0.5, 0.6) is 0 Å². The van der Waals surface area contributed by atoms with Crippen molar-refractivity contribution in [3.8, 4) is 0 Å². The molecule has 0 bridgehead atoms. The summed E-state index contributed by atoms with van der Waals surface area (Å²) in [4.78, 5) is 0. The summed E-state index contributed by atoms with van der Waals surface area (Å²) in [5.41, 5.74) is 0.588. The second-order valence-corrected chi connectivity index (χ2v) is 7.80. The van der Waals surface area contributed by atoms with Crippen LogP contribution in [0.1, 0.15) is 12.8 Å². The molecule has 1 atom stereocenters. The van der Waals surface area contributed by atoms with E-state index in [1.807, 2.05) is 0 Å². The van der Waals surface area contributed by atoms with E-state index in [-0.39, 0.29) is 5.25 Å². The minimum Gasteiger partial charge on any atom is -0.315 e. The van der Waals surface area contributed by atoms with Crippen LogP contribution in [0.3, 0.4) is 0 Å². The maximum absolute atomic E-state index is 12.2. The smallest absolute Gasteiger partial charge is 0.236 e. The number of rotatable bonds is 3. The first-order chi connectivity index (χ1) is 8.49. The normalized spacial score (nSPS) is 20.7. The van der Waals surface area contributed by atoms with E-state index < -0.39 is 10.0 Å². The molecule has 1 aromatic carbocycles. The first kappa shape index (κ1) is 14.4. The molecular formula is C11H14ClIN2O2S. The van der Waals surface area contributed by atoms with E-state index in [4.69, 9.17) is 11.6 Å². The number of anilines is 1. The third-order valence-electron chi connectivity index (χ3n) is 2.87. The van der Waals surface area contributed by atoms with E-state index in [0.29, 0.717) is 23.7 Å². The third kappa shape index (κ3) is 3.49. The molecule has 1 fully saturated rings. The average molecular weight is 401 g/mol. The number of sulfonamides is 1. The number of hydrogen-bond acceptors (Lipinski definition) is 3. The van der Waals surface area contributed by atoms with Crippen molar-refractivity contribution in [1.29, 1.82) is 0 Å². The summed E-state index contributed by atoms with van der Waals surface area (Å²) < 4.78 is 27.9. The molecule has 2 rings (SSSR count). The molecule has 7 heteroatoms. The maximum atomic E-state index is 12.2. The summed E-state index contributed by atoms with van der Waals surface area (Å²) in [6.07, 6.45) is 1.59. The molecule has 0 aliphatic carbocycles. The largest absolute Gasteiger partial charge is 0.315 e. The molecule has 1 unspecified atom stereocenters. The average Bonchev–Trinajstić information content (AvgIpc) is 2.34. The van der Waals surface area contributed by atoms with Gasteiger partial charge >= 0.3 is 0 Å². The quantitative estimate of drug-likeness (QED) is 0.766. The van der Waals surface area contributed by atoms with Crippen LogP contribution in [0.25, 0.3) is 0 Å². The molecule has 4 nitrogen and oxygen atoms in total. The molecule has 1 saturated heterocycles. The Bertz CT molecular complexity index is 530. The summed E-state index contributed by atoms with van der Waals surface area (Å²) in [6, 6.07) is 5.11. The molecule has 0 amide bonds. The van der Waals surface area contributed by atoms with Crippen molar-refractivity contribution in [2.45, 2.75) is 18.1 Å². The fraction of sp³-hybridized carbons (Fsp3) is 0.455. The van der Waals surface area contributed by atoms with Gasteiger partial charge in [0, 0.05) is 15.1 Å². The van der Waals surface area contributed by atoms with Gasteiger partial charge in [0.05, 0.1) is 10.9 Å². The van der Waals surface area contributed by atoms with Gasteiger partial charge in [-0.3, -0.25) is 4.72 Å². The number of piperidine rings is 1. The van der Waals surface area contributed by atoms with Crippen LogP contribution in [-0.2, 0) is 10.0 Å². The van der Waals surface area contributed by atoms with Gasteiger partial charge in [0.2, 0.25) is 10.0 Å². The molecule has 2 N–H and O–H groups in total. The lowest BCUT2D eigenvalue weighted by Crippen LogP contribution is -2.41. The van der Waals surface area contributed by atoms with E-state index in [0.717, 1.165) is 16.5 Å². The van der Waals surface area contributed by atoms with E-state index in [1.165, 1.54) is 0 Å². The minimum atomic E-state index is -3.33. The van der Waals surface area contributed by atoms with Crippen molar-refractivity contribution in [3.63, 3.8) is 0 Å². The summed E-state index contributed by atoms with van der Waals surface area (Å²) >= 11 is 7.91. The van der Waals surface area contributed by atoms with Crippen LogP contribution in [0.4, 0.5) is 5.69 Å². The molecular weight excluding hydrogens is 387 g/mol. The van der Waals surface area contributed by atoms with Crippen LogP contribution in [-0.4, -0.2) is 26.8 Å².